The normalized spacial score (nSPS) is 18.6. The van der Waals surface area contributed by atoms with Gasteiger partial charge in [0.25, 0.3) is 0 Å². The molecule has 7 nitrogen and oxygen atoms in total. The highest BCUT2D eigenvalue weighted by Crippen LogP contribution is 2.37. The topological polar surface area (TPSA) is 102 Å². The second-order valence-corrected chi connectivity index (χ2v) is 7.00. The number of aliphatic hydroxyl groups is 1. The third kappa shape index (κ3) is 3.92. The first-order valence-corrected chi connectivity index (χ1v) is 8.41. The van der Waals surface area contributed by atoms with Gasteiger partial charge in [-0.3, -0.25) is 0 Å². The van der Waals surface area contributed by atoms with Crippen molar-refractivity contribution in [2.45, 2.75) is 46.3 Å². The molecular formula is C15H23BrN4O3. The quantitative estimate of drug-likeness (QED) is 0.821. The number of hydrogen-bond donors (Lipinski definition) is 2. The Morgan fingerprint density at radius 3 is 2.61 bits per heavy atom. The van der Waals surface area contributed by atoms with Crippen LogP contribution in [0.4, 0.5) is 10.6 Å². The van der Waals surface area contributed by atoms with Crippen LogP contribution in [0.15, 0.2) is 4.60 Å². The van der Waals surface area contributed by atoms with Gasteiger partial charge in [-0.15, -0.1) is 0 Å². The summed E-state index contributed by atoms with van der Waals surface area (Å²) in [5.74, 6) is 0.721. The SMILES string of the molecule is Cc1nc(N2CCC(C)(C(C)OC(N)=O)CC2)c(CO)nc1Br. The number of aliphatic hydroxyl groups excluding tert-OH is 1. The fourth-order valence-electron chi connectivity index (χ4n) is 2.83. The van der Waals surface area contributed by atoms with Gasteiger partial charge in [-0.2, -0.15) is 0 Å². The predicted octanol–water partition coefficient (Wildman–Crippen LogP) is 2.13. The van der Waals surface area contributed by atoms with Crippen molar-refractivity contribution >= 4 is 27.8 Å². The molecule has 2 rings (SSSR count). The van der Waals surface area contributed by atoms with Crippen molar-refractivity contribution in [3.05, 3.63) is 16.0 Å². The number of anilines is 1. The van der Waals surface area contributed by atoms with E-state index in [9.17, 15) is 9.90 Å². The molecule has 2 heterocycles. The van der Waals surface area contributed by atoms with E-state index in [1.807, 2.05) is 13.8 Å². The summed E-state index contributed by atoms with van der Waals surface area (Å²) in [6.07, 6.45) is 0.696. The zero-order valence-corrected chi connectivity index (χ0v) is 15.3. The van der Waals surface area contributed by atoms with Crippen LogP contribution in [0, 0.1) is 12.3 Å². The van der Waals surface area contributed by atoms with E-state index in [-0.39, 0.29) is 18.1 Å². The number of hydrogen-bond acceptors (Lipinski definition) is 6. The maximum absolute atomic E-state index is 11.0. The summed E-state index contributed by atoms with van der Waals surface area (Å²) in [5, 5.41) is 9.53. The molecular weight excluding hydrogens is 364 g/mol. The molecule has 0 saturated carbocycles. The van der Waals surface area contributed by atoms with Gasteiger partial charge in [0.1, 0.15) is 16.4 Å². The lowest BCUT2D eigenvalue weighted by molar-refractivity contribution is 0.0159. The largest absolute Gasteiger partial charge is 0.446 e. The molecule has 1 aromatic heterocycles. The standard InChI is InChI=1S/C15H23BrN4O3/c1-9-12(16)19-11(8-21)13(18-9)20-6-4-15(3,5-7-20)10(2)23-14(17)22/h10,21H,4-8H2,1-3H3,(H2,17,22). The molecule has 1 unspecified atom stereocenters. The Kier molecular flexibility index (Phi) is 5.46. The molecule has 23 heavy (non-hydrogen) atoms. The number of ether oxygens (including phenoxy) is 1. The second kappa shape index (κ2) is 7.00. The van der Waals surface area contributed by atoms with Gasteiger partial charge in [0.2, 0.25) is 0 Å². The molecule has 1 aromatic rings. The van der Waals surface area contributed by atoms with Crippen molar-refractivity contribution in [1.82, 2.24) is 9.97 Å². The van der Waals surface area contributed by atoms with Crippen molar-refractivity contribution in [2.24, 2.45) is 11.1 Å². The van der Waals surface area contributed by atoms with Gasteiger partial charge >= 0.3 is 6.09 Å². The molecule has 1 amide bonds. The number of rotatable bonds is 4. The lowest BCUT2D eigenvalue weighted by atomic mass is 9.76. The second-order valence-electron chi connectivity index (χ2n) is 6.25. The van der Waals surface area contributed by atoms with Gasteiger partial charge in [-0.05, 0) is 42.6 Å². The number of nitrogens with two attached hydrogens (primary N) is 1. The molecule has 8 heteroatoms. The Morgan fingerprint density at radius 2 is 2.09 bits per heavy atom. The average Bonchev–Trinajstić information content (AvgIpc) is 2.50. The lowest BCUT2D eigenvalue weighted by Gasteiger charge is -2.43. The fourth-order valence-corrected chi connectivity index (χ4v) is 3.13. The van der Waals surface area contributed by atoms with Gasteiger partial charge in [-0.25, -0.2) is 14.8 Å². The molecule has 1 saturated heterocycles. The van der Waals surface area contributed by atoms with Crippen LogP contribution in [0.1, 0.15) is 38.1 Å². The number of aromatic nitrogens is 2. The maximum atomic E-state index is 11.0. The molecule has 1 aliphatic heterocycles. The molecule has 128 valence electrons. The zero-order chi connectivity index (χ0) is 17.2. The van der Waals surface area contributed by atoms with E-state index in [2.05, 4.69) is 37.7 Å². The smallest absolute Gasteiger partial charge is 0.404 e. The Hall–Kier alpha value is -1.41. The molecule has 1 aliphatic rings. The Balaban J connectivity index is 2.13. The van der Waals surface area contributed by atoms with E-state index in [0.29, 0.717) is 10.3 Å². The third-order valence-electron chi connectivity index (χ3n) is 4.69. The molecule has 0 radical (unpaired) electrons. The minimum atomic E-state index is -0.738. The minimum Gasteiger partial charge on any atom is -0.446 e. The summed E-state index contributed by atoms with van der Waals surface area (Å²) in [5.41, 5.74) is 6.35. The molecule has 0 bridgehead atoms. The number of halogens is 1. The van der Waals surface area contributed by atoms with Crippen LogP contribution in [-0.2, 0) is 11.3 Å². The Morgan fingerprint density at radius 1 is 1.48 bits per heavy atom. The van der Waals surface area contributed by atoms with Gasteiger partial charge < -0.3 is 20.5 Å². The van der Waals surface area contributed by atoms with Crippen molar-refractivity contribution in [3.63, 3.8) is 0 Å². The van der Waals surface area contributed by atoms with E-state index in [1.54, 1.807) is 0 Å². The number of carbonyl (C=O) groups excluding carboxylic acids is 1. The number of aryl methyl sites for hydroxylation is 1. The maximum Gasteiger partial charge on any atom is 0.404 e. The average molecular weight is 387 g/mol. The number of carbonyl (C=O) groups is 1. The number of nitrogens with zero attached hydrogens (tertiary/aromatic N) is 3. The monoisotopic (exact) mass is 386 g/mol. The van der Waals surface area contributed by atoms with Gasteiger partial charge in [0.15, 0.2) is 5.82 Å². The van der Waals surface area contributed by atoms with Crippen LogP contribution in [0.2, 0.25) is 0 Å². The minimum absolute atomic E-state index is 0.122. The van der Waals surface area contributed by atoms with Crippen LogP contribution >= 0.6 is 15.9 Å². The summed E-state index contributed by atoms with van der Waals surface area (Å²) in [7, 11) is 0. The van der Waals surface area contributed by atoms with Crippen LogP contribution < -0.4 is 10.6 Å². The van der Waals surface area contributed by atoms with Crippen molar-refractivity contribution in [2.75, 3.05) is 18.0 Å². The van der Waals surface area contributed by atoms with E-state index < -0.39 is 6.09 Å². The van der Waals surface area contributed by atoms with Gasteiger partial charge in [0.05, 0.1) is 12.3 Å². The fraction of sp³-hybridized carbons (Fsp3) is 0.667. The van der Waals surface area contributed by atoms with E-state index in [0.717, 1.165) is 37.4 Å². The molecule has 0 aromatic carbocycles. The zero-order valence-electron chi connectivity index (χ0n) is 13.7. The van der Waals surface area contributed by atoms with Crippen molar-refractivity contribution < 1.29 is 14.6 Å². The van der Waals surface area contributed by atoms with E-state index in [4.69, 9.17) is 10.5 Å². The first kappa shape index (κ1) is 17.9. The highest BCUT2D eigenvalue weighted by molar-refractivity contribution is 9.10. The van der Waals surface area contributed by atoms with E-state index in [1.165, 1.54) is 0 Å². The predicted molar refractivity (Wildman–Crippen MR) is 90.1 cm³/mol. The van der Waals surface area contributed by atoms with Crippen molar-refractivity contribution in [1.29, 1.82) is 0 Å². The van der Waals surface area contributed by atoms with Crippen LogP contribution in [-0.4, -0.2) is 40.4 Å². The van der Waals surface area contributed by atoms with Crippen LogP contribution in [0.3, 0.4) is 0 Å². The highest BCUT2D eigenvalue weighted by atomic mass is 79.9. The summed E-state index contributed by atoms with van der Waals surface area (Å²) in [4.78, 5) is 22.0. The molecule has 3 N–H and O–H groups in total. The first-order valence-electron chi connectivity index (χ1n) is 7.62. The van der Waals surface area contributed by atoms with Crippen LogP contribution in [0.25, 0.3) is 0 Å². The van der Waals surface area contributed by atoms with Crippen LogP contribution in [0.5, 0.6) is 0 Å². The number of amides is 1. The molecule has 1 fully saturated rings. The molecule has 0 spiro atoms. The molecule has 1 atom stereocenters. The van der Waals surface area contributed by atoms with Gasteiger partial charge in [-0.1, -0.05) is 6.92 Å². The van der Waals surface area contributed by atoms with Gasteiger partial charge in [0, 0.05) is 18.5 Å². The van der Waals surface area contributed by atoms with Crippen molar-refractivity contribution in [3.8, 4) is 0 Å². The summed E-state index contributed by atoms with van der Waals surface area (Å²) >= 11 is 3.34. The summed E-state index contributed by atoms with van der Waals surface area (Å²) in [6.45, 7) is 7.21. The van der Waals surface area contributed by atoms with E-state index >= 15 is 0 Å². The Bertz CT molecular complexity index is 588. The first-order chi connectivity index (χ1) is 10.8. The summed E-state index contributed by atoms with van der Waals surface area (Å²) < 4.78 is 5.81. The lowest BCUT2D eigenvalue weighted by Crippen LogP contribution is -2.46. The third-order valence-corrected chi connectivity index (χ3v) is 5.44. The Labute approximate surface area is 144 Å². The number of primary amides is 1. The molecule has 0 aliphatic carbocycles. The number of piperidine rings is 1. The highest BCUT2D eigenvalue weighted by Gasteiger charge is 2.38. The summed E-state index contributed by atoms with van der Waals surface area (Å²) in [6, 6.07) is 0.